The number of halogens is 1. The van der Waals surface area contributed by atoms with Gasteiger partial charge in [0.2, 0.25) is 6.10 Å². The van der Waals surface area contributed by atoms with Crippen molar-refractivity contribution in [1.29, 1.82) is 0 Å². The van der Waals surface area contributed by atoms with E-state index in [1.165, 1.54) is 0 Å². The van der Waals surface area contributed by atoms with Crippen molar-refractivity contribution in [2.75, 3.05) is 11.9 Å². The molecule has 4 aliphatic carbocycles. The number of carbonyl (C=O) groups excluding carboxylic acids is 3. The van der Waals surface area contributed by atoms with Crippen molar-refractivity contribution < 1.29 is 53.4 Å². The molecule has 2 bridgehead atoms. The van der Waals surface area contributed by atoms with Crippen LogP contribution in [0.25, 0.3) is 0 Å². The van der Waals surface area contributed by atoms with Crippen LogP contribution >= 0.6 is 15.9 Å². The van der Waals surface area contributed by atoms with Gasteiger partial charge in [0.25, 0.3) is 0 Å². The van der Waals surface area contributed by atoms with Crippen LogP contribution in [0.5, 0.6) is 0 Å². The van der Waals surface area contributed by atoms with Crippen LogP contribution in [-0.2, 0) is 38.1 Å². The minimum Gasteiger partial charge on any atom is -0.459 e. The molecule has 11 nitrogen and oxygen atoms in total. The Balaban J connectivity index is 1.40. The van der Waals surface area contributed by atoms with Crippen LogP contribution in [0.1, 0.15) is 93.4 Å². The van der Waals surface area contributed by atoms with Crippen LogP contribution in [-0.4, -0.2) is 93.2 Å². The van der Waals surface area contributed by atoms with Crippen LogP contribution in [0.4, 0.5) is 0 Å². The molecule has 49 heavy (non-hydrogen) atoms. The lowest BCUT2D eigenvalue weighted by molar-refractivity contribution is -0.346. The summed E-state index contributed by atoms with van der Waals surface area (Å²) in [4.78, 5) is 41.5. The molecule has 5 fully saturated rings. The molecule has 3 N–H and O–H groups in total. The van der Waals surface area contributed by atoms with E-state index in [0.29, 0.717) is 11.8 Å². The van der Waals surface area contributed by atoms with Crippen molar-refractivity contribution in [2.24, 2.45) is 46.3 Å². The highest BCUT2D eigenvalue weighted by molar-refractivity contribution is 9.09. The molecule has 6 rings (SSSR count). The van der Waals surface area contributed by atoms with Crippen LogP contribution in [0, 0.1) is 46.3 Å². The summed E-state index contributed by atoms with van der Waals surface area (Å²) in [5.74, 6) is -7.30. The van der Waals surface area contributed by atoms with Gasteiger partial charge in [0, 0.05) is 22.7 Å². The number of esters is 2. The summed E-state index contributed by atoms with van der Waals surface area (Å²) in [6.45, 7) is 12.7. The SMILES string of the molecule is CC1=CC(=O)[C@@H](OC(CBr)OC2CCCCC2)C2(C)C3[C@]45CO[C@@]3(O)[C@H](O)C(C)C4C(OC(=O)CC(O)(C(C)C)C(C)C)C(=O)O[C@@H]5C[C@@H]12. The van der Waals surface area contributed by atoms with Crippen molar-refractivity contribution in [3.8, 4) is 0 Å². The second kappa shape index (κ2) is 13.2. The van der Waals surface area contributed by atoms with Crippen molar-refractivity contribution in [3.63, 3.8) is 0 Å². The number of alkyl halides is 1. The Labute approximate surface area is 297 Å². The molecule has 0 aromatic heterocycles. The van der Waals surface area contributed by atoms with Gasteiger partial charge >= 0.3 is 11.9 Å². The van der Waals surface area contributed by atoms with E-state index in [2.05, 4.69) is 15.9 Å². The molecule has 6 unspecified atom stereocenters. The van der Waals surface area contributed by atoms with Crippen molar-refractivity contribution in [2.45, 2.75) is 142 Å². The van der Waals surface area contributed by atoms with Gasteiger partial charge in [-0.1, -0.05) is 82.3 Å². The number of aliphatic hydroxyl groups is 3. The summed E-state index contributed by atoms with van der Waals surface area (Å²) >= 11 is 3.54. The highest BCUT2D eigenvalue weighted by Gasteiger charge is 2.84. The van der Waals surface area contributed by atoms with E-state index in [9.17, 15) is 29.7 Å². The van der Waals surface area contributed by atoms with Crippen molar-refractivity contribution in [3.05, 3.63) is 11.6 Å². The van der Waals surface area contributed by atoms with E-state index in [0.717, 1.165) is 37.7 Å². The monoisotopic (exact) mass is 754 g/mol. The zero-order valence-corrected chi connectivity index (χ0v) is 31.4. The lowest BCUT2D eigenvalue weighted by Gasteiger charge is -2.68. The highest BCUT2D eigenvalue weighted by Crippen LogP contribution is 2.74. The number of rotatable bonds is 10. The predicted octanol–water partition coefficient (Wildman–Crippen LogP) is 4.22. The first-order valence-corrected chi connectivity index (χ1v) is 19.3. The highest BCUT2D eigenvalue weighted by atomic mass is 79.9. The van der Waals surface area contributed by atoms with Gasteiger partial charge in [-0.3, -0.25) is 9.59 Å². The summed E-state index contributed by atoms with van der Waals surface area (Å²) in [7, 11) is 0. The molecule has 0 aromatic rings. The van der Waals surface area contributed by atoms with E-state index < -0.39 is 82.6 Å². The van der Waals surface area contributed by atoms with Gasteiger partial charge in [0.1, 0.15) is 18.3 Å². The first kappa shape index (κ1) is 37.4. The smallest absolute Gasteiger partial charge is 0.348 e. The maximum Gasteiger partial charge on any atom is 0.348 e. The maximum absolute atomic E-state index is 14.1. The molecule has 6 aliphatic rings. The van der Waals surface area contributed by atoms with Crippen molar-refractivity contribution >= 4 is 33.7 Å². The minimum absolute atomic E-state index is 0.00730. The first-order chi connectivity index (χ1) is 23.0. The van der Waals surface area contributed by atoms with E-state index in [4.69, 9.17) is 23.7 Å². The van der Waals surface area contributed by atoms with Crippen molar-refractivity contribution in [1.82, 2.24) is 0 Å². The predicted molar refractivity (Wildman–Crippen MR) is 180 cm³/mol. The molecule has 0 aromatic carbocycles. The van der Waals surface area contributed by atoms with E-state index >= 15 is 0 Å². The molecule has 12 heteroatoms. The number of hydrogen-bond acceptors (Lipinski definition) is 11. The number of allylic oxidation sites excluding steroid dienone is 1. The summed E-state index contributed by atoms with van der Waals surface area (Å²) in [5, 5.41) is 36.1. The van der Waals surface area contributed by atoms with Crippen LogP contribution in [0.3, 0.4) is 0 Å². The van der Waals surface area contributed by atoms with Crippen LogP contribution in [0.15, 0.2) is 11.6 Å². The molecule has 2 saturated heterocycles. The Kier molecular flexibility index (Phi) is 10.1. The number of ether oxygens (including phenoxy) is 5. The summed E-state index contributed by atoms with van der Waals surface area (Å²) < 4.78 is 31.5. The van der Waals surface area contributed by atoms with Gasteiger partial charge in [-0.05, 0) is 55.9 Å². The molecule has 3 saturated carbocycles. The zero-order chi connectivity index (χ0) is 35.8. The second-order valence-corrected chi connectivity index (χ2v) is 17.3. The normalized spacial score (nSPS) is 42.8. The van der Waals surface area contributed by atoms with Gasteiger partial charge < -0.3 is 39.0 Å². The quantitative estimate of drug-likeness (QED) is 0.167. The number of carbonyl (C=O) groups is 3. The molecule has 1 spiro atoms. The van der Waals surface area contributed by atoms with Gasteiger partial charge in [0.15, 0.2) is 17.9 Å². The third kappa shape index (κ3) is 5.60. The Morgan fingerprint density at radius 1 is 1.12 bits per heavy atom. The molecule has 0 radical (unpaired) electrons. The average Bonchev–Trinajstić information content (AvgIpc) is 3.33. The van der Waals surface area contributed by atoms with Gasteiger partial charge in [-0.2, -0.15) is 0 Å². The molecule has 2 heterocycles. The molecule has 0 amide bonds. The lowest BCUT2D eigenvalue weighted by Crippen LogP contribution is -2.78. The standard InChI is InChI=1S/C37H55BrO11/c1-18(2)36(43,19(3)4)15-26(40)48-29-28-21(6)30(41)37(44)33-34(7)23(14-25(47-32(29)42)35(28,33)17-45-37)20(5)13-24(39)31(34)49-27(16-38)46-22-11-9-8-10-12-22/h13,18-19,21-23,25,27-31,33,41,43-44H,8-12,14-17H2,1-7H3/t21?,23-,25+,27?,28?,29?,30+,31+,33?,34?,35-,37-/m0/s1. The third-order valence-electron chi connectivity index (χ3n) is 13.6. The number of fused-ring (bicyclic) bond motifs is 1. The van der Waals surface area contributed by atoms with E-state index in [1.54, 1.807) is 13.0 Å². The van der Waals surface area contributed by atoms with Gasteiger partial charge in [0.05, 0.1) is 30.1 Å². The Hall–Kier alpha value is -1.41. The first-order valence-electron chi connectivity index (χ1n) is 18.2. The largest absolute Gasteiger partial charge is 0.459 e. The van der Waals surface area contributed by atoms with Crippen LogP contribution < -0.4 is 0 Å². The molecule has 276 valence electrons. The fourth-order valence-electron chi connectivity index (χ4n) is 11.1. The minimum atomic E-state index is -2.11. The second-order valence-electron chi connectivity index (χ2n) is 16.7. The number of hydrogen-bond donors (Lipinski definition) is 3. The summed E-state index contributed by atoms with van der Waals surface area (Å²) in [6.07, 6.45) is 1.21. The average molecular weight is 756 g/mol. The van der Waals surface area contributed by atoms with Gasteiger partial charge in [-0.25, -0.2) is 4.79 Å². The molecular weight excluding hydrogens is 700 g/mol. The zero-order valence-electron chi connectivity index (χ0n) is 29.9. The van der Waals surface area contributed by atoms with E-state index in [-0.39, 0.29) is 42.7 Å². The van der Waals surface area contributed by atoms with Gasteiger partial charge in [-0.15, -0.1) is 0 Å². The fourth-order valence-corrected chi connectivity index (χ4v) is 11.4. The number of aliphatic hydroxyl groups excluding tert-OH is 1. The molecule has 2 aliphatic heterocycles. The topological polar surface area (TPSA) is 158 Å². The Bertz CT molecular complexity index is 1340. The third-order valence-corrected chi connectivity index (χ3v) is 14.1. The van der Waals surface area contributed by atoms with Crippen LogP contribution in [0.2, 0.25) is 0 Å². The maximum atomic E-state index is 14.1. The summed E-state index contributed by atoms with van der Waals surface area (Å²) in [5.41, 5.74) is -2.87. The lowest BCUT2D eigenvalue weighted by atomic mass is 9.38. The fraction of sp³-hybridized carbons (Fsp3) is 0.865. The molecule has 12 atom stereocenters. The number of ketones is 1. The Morgan fingerprint density at radius 2 is 1.78 bits per heavy atom. The molecular formula is C37H55BrO11. The summed E-state index contributed by atoms with van der Waals surface area (Å²) in [6, 6.07) is 0. The Morgan fingerprint density at radius 3 is 2.39 bits per heavy atom. The van der Waals surface area contributed by atoms with E-state index in [1.807, 2.05) is 41.5 Å².